The van der Waals surface area contributed by atoms with Crippen molar-refractivity contribution < 1.29 is 14.3 Å². The van der Waals surface area contributed by atoms with E-state index in [0.717, 1.165) is 39.7 Å². The minimum Gasteiger partial charge on any atom is -0.485 e. The van der Waals surface area contributed by atoms with Gasteiger partial charge in [0, 0.05) is 29.0 Å². The summed E-state index contributed by atoms with van der Waals surface area (Å²) in [6, 6.07) is 13.4. The monoisotopic (exact) mass is 438 g/mol. The van der Waals surface area contributed by atoms with Gasteiger partial charge in [0.25, 0.3) is 5.91 Å². The Balaban J connectivity index is 1.53. The largest absolute Gasteiger partial charge is 0.485 e. The molecule has 1 aromatic heterocycles. The van der Waals surface area contributed by atoms with E-state index in [-0.39, 0.29) is 12.5 Å². The summed E-state index contributed by atoms with van der Waals surface area (Å²) < 4.78 is 11.5. The number of carbonyl (C=O) groups is 1. The highest BCUT2D eigenvalue weighted by Crippen LogP contribution is 2.34. The molecule has 7 nitrogen and oxygen atoms in total. The number of hydrogen-bond acceptors (Lipinski definition) is 6. The Morgan fingerprint density at radius 1 is 1.26 bits per heavy atom. The molecule has 0 saturated carbocycles. The first-order valence-electron chi connectivity index (χ1n) is 10.1. The summed E-state index contributed by atoms with van der Waals surface area (Å²) in [6.07, 6.45) is 1.19. The summed E-state index contributed by atoms with van der Waals surface area (Å²) in [4.78, 5) is 16.1. The molecular formula is C23H26N4O3S. The first-order valence-corrected chi connectivity index (χ1v) is 11.1. The number of rotatable bonds is 7. The zero-order valence-electron chi connectivity index (χ0n) is 17.8. The zero-order chi connectivity index (χ0) is 21.8. The average molecular weight is 439 g/mol. The van der Waals surface area contributed by atoms with Gasteiger partial charge < -0.3 is 19.7 Å². The molecule has 1 atom stereocenters. The van der Waals surface area contributed by atoms with Gasteiger partial charge in [0.05, 0.1) is 11.4 Å². The standard InChI is InChI=1S/C23H26N4O3S/c1-15-17(13-24-26-15)16-8-9-18(22(12-16)31-11-10-27(2)3)25-23(28)21-14-29-19-6-4-5-7-20(19)30-21/h4-9,12-13,21H,10-11,14H2,1-3H3,(H,24,26)(H,25,28). The quantitative estimate of drug-likeness (QED) is 0.546. The Kier molecular flexibility index (Phi) is 6.48. The molecule has 0 spiro atoms. The molecular weight excluding hydrogens is 412 g/mol. The Morgan fingerprint density at radius 2 is 2.06 bits per heavy atom. The predicted molar refractivity (Wildman–Crippen MR) is 123 cm³/mol. The van der Waals surface area contributed by atoms with E-state index in [1.54, 1.807) is 17.8 Å². The lowest BCUT2D eigenvalue weighted by Crippen LogP contribution is -2.40. The highest BCUT2D eigenvalue weighted by molar-refractivity contribution is 7.99. The fourth-order valence-electron chi connectivity index (χ4n) is 3.26. The number of carbonyl (C=O) groups excluding carboxylic acids is 1. The number of benzene rings is 2. The number of ether oxygens (including phenoxy) is 2. The molecule has 2 aromatic carbocycles. The first kappa shape index (κ1) is 21.3. The maximum Gasteiger partial charge on any atom is 0.269 e. The Morgan fingerprint density at radius 3 is 2.81 bits per heavy atom. The van der Waals surface area contributed by atoms with Crippen molar-refractivity contribution in [3.63, 3.8) is 0 Å². The highest BCUT2D eigenvalue weighted by Gasteiger charge is 2.28. The zero-order valence-corrected chi connectivity index (χ0v) is 18.7. The fraction of sp³-hybridized carbons (Fsp3) is 0.304. The van der Waals surface area contributed by atoms with Crippen molar-refractivity contribution in [2.45, 2.75) is 17.9 Å². The normalized spacial score (nSPS) is 15.2. The number of hydrogen-bond donors (Lipinski definition) is 2. The van der Waals surface area contributed by atoms with Crippen LogP contribution in [0.2, 0.25) is 0 Å². The van der Waals surface area contributed by atoms with Crippen LogP contribution in [0.15, 0.2) is 53.6 Å². The van der Waals surface area contributed by atoms with Gasteiger partial charge in [-0.1, -0.05) is 18.2 Å². The molecule has 0 fully saturated rings. The summed E-state index contributed by atoms with van der Waals surface area (Å²) in [7, 11) is 4.10. The second-order valence-electron chi connectivity index (χ2n) is 7.60. The van der Waals surface area contributed by atoms with E-state index in [4.69, 9.17) is 9.47 Å². The Hall–Kier alpha value is -2.97. The van der Waals surface area contributed by atoms with Gasteiger partial charge in [-0.2, -0.15) is 5.10 Å². The number of aryl methyl sites for hydroxylation is 1. The number of aromatic nitrogens is 2. The van der Waals surface area contributed by atoms with E-state index in [1.807, 2.05) is 57.5 Å². The number of amides is 1. The van der Waals surface area contributed by atoms with E-state index in [2.05, 4.69) is 26.5 Å². The van der Waals surface area contributed by atoms with E-state index in [1.165, 1.54) is 0 Å². The van der Waals surface area contributed by atoms with Crippen molar-refractivity contribution in [3.8, 4) is 22.6 Å². The lowest BCUT2D eigenvalue weighted by atomic mass is 10.1. The van der Waals surface area contributed by atoms with Gasteiger partial charge in [-0.25, -0.2) is 0 Å². The van der Waals surface area contributed by atoms with Crippen LogP contribution in [-0.2, 0) is 4.79 Å². The van der Waals surface area contributed by atoms with Crippen molar-refractivity contribution in [1.82, 2.24) is 15.1 Å². The van der Waals surface area contributed by atoms with Crippen LogP contribution in [0.25, 0.3) is 11.1 Å². The van der Waals surface area contributed by atoms with Crippen LogP contribution in [0.5, 0.6) is 11.5 Å². The molecule has 2 heterocycles. The molecule has 0 aliphatic carbocycles. The lowest BCUT2D eigenvalue weighted by molar-refractivity contribution is -0.125. The topological polar surface area (TPSA) is 79.5 Å². The second kappa shape index (κ2) is 9.45. The van der Waals surface area contributed by atoms with Gasteiger partial charge in [-0.15, -0.1) is 11.8 Å². The molecule has 0 radical (unpaired) electrons. The van der Waals surface area contributed by atoms with Gasteiger partial charge >= 0.3 is 0 Å². The number of nitrogens with zero attached hydrogens (tertiary/aromatic N) is 2. The number of fused-ring (bicyclic) bond motifs is 1. The van der Waals surface area contributed by atoms with E-state index in [9.17, 15) is 4.79 Å². The maximum atomic E-state index is 12.9. The summed E-state index contributed by atoms with van der Waals surface area (Å²) in [5, 5.41) is 10.2. The summed E-state index contributed by atoms with van der Waals surface area (Å²) in [5.74, 6) is 1.92. The molecule has 31 heavy (non-hydrogen) atoms. The van der Waals surface area contributed by atoms with Crippen molar-refractivity contribution in [1.29, 1.82) is 0 Å². The highest BCUT2D eigenvalue weighted by atomic mass is 32.2. The second-order valence-corrected chi connectivity index (χ2v) is 8.74. The van der Waals surface area contributed by atoms with Crippen LogP contribution in [0.3, 0.4) is 0 Å². The van der Waals surface area contributed by atoms with Crippen LogP contribution < -0.4 is 14.8 Å². The number of para-hydroxylation sites is 2. The van der Waals surface area contributed by atoms with E-state index >= 15 is 0 Å². The third-order valence-electron chi connectivity index (χ3n) is 4.98. The molecule has 1 unspecified atom stereocenters. The van der Waals surface area contributed by atoms with Crippen LogP contribution in [0, 0.1) is 6.92 Å². The van der Waals surface area contributed by atoms with Gasteiger partial charge in [-0.05, 0) is 50.8 Å². The molecule has 3 aromatic rings. The minimum atomic E-state index is -0.703. The van der Waals surface area contributed by atoms with Gasteiger partial charge in [0.2, 0.25) is 6.10 Å². The third kappa shape index (κ3) is 5.03. The molecule has 2 N–H and O–H groups in total. The van der Waals surface area contributed by atoms with Crippen LogP contribution >= 0.6 is 11.8 Å². The Bertz CT molecular complexity index is 1070. The average Bonchev–Trinajstić information content (AvgIpc) is 3.20. The number of H-pyrrole nitrogens is 1. The van der Waals surface area contributed by atoms with Crippen LogP contribution in [0.1, 0.15) is 5.69 Å². The Labute approximate surface area is 186 Å². The molecule has 1 aliphatic heterocycles. The molecule has 1 amide bonds. The third-order valence-corrected chi connectivity index (χ3v) is 6.01. The van der Waals surface area contributed by atoms with Gasteiger partial charge in [0.15, 0.2) is 11.5 Å². The number of aromatic amines is 1. The fourth-order valence-corrected chi connectivity index (χ4v) is 4.42. The minimum absolute atomic E-state index is 0.179. The molecule has 1 aliphatic rings. The van der Waals surface area contributed by atoms with Crippen molar-refractivity contribution in [2.24, 2.45) is 0 Å². The van der Waals surface area contributed by atoms with Crippen molar-refractivity contribution in [3.05, 3.63) is 54.4 Å². The van der Waals surface area contributed by atoms with E-state index < -0.39 is 6.10 Å². The first-order chi connectivity index (χ1) is 15.0. The molecule has 162 valence electrons. The van der Waals surface area contributed by atoms with Crippen LogP contribution in [-0.4, -0.2) is 60.1 Å². The smallest absolute Gasteiger partial charge is 0.269 e. The SMILES string of the molecule is Cc1n[nH]cc1-c1ccc(NC(=O)C2COc3ccccc3O2)c(SCCN(C)C)c1. The summed E-state index contributed by atoms with van der Waals surface area (Å²) >= 11 is 1.71. The molecule has 0 bridgehead atoms. The summed E-state index contributed by atoms with van der Waals surface area (Å²) in [6.45, 7) is 3.08. The molecule has 8 heteroatoms. The number of nitrogens with one attached hydrogen (secondary N) is 2. The summed E-state index contributed by atoms with van der Waals surface area (Å²) in [5.41, 5.74) is 3.81. The van der Waals surface area contributed by atoms with Gasteiger partial charge in [0.1, 0.15) is 6.61 Å². The van der Waals surface area contributed by atoms with Gasteiger partial charge in [-0.3, -0.25) is 9.89 Å². The number of thioether (sulfide) groups is 1. The van der Waals surface area contributed by atoms with Crippen molar-refractivity contribution in [2.75, 3.05) is 38.3 Å². The number of anilines is 1. The van der Waals surface area contributed by atoms with Crippen LogP contribution in [0.4, 0.5) is 5.69 Å². The molecule has 4 rings (SSSR count). The molecule has 0 saturated heterocycles. The van der Waals surface area contributed by atoms with Crippen molar-refractivity contribution >= 4 is 23.4 Å². The van der Waals surface area contributed by atoms with E-state index in [0.29, 0.717) is 11.5 Å². The predicted octanol–water partition coefficient (Wildman–Crippen LogP) is 3.82. The lowest BCUT2D eigenvalue weighted by Gasteiger charge is -2.26. The maximum absolute atomic E-state index is 12.9.